The van der Waals surface area contributed by atoms with Crippen molar-refractivity contribution in [2.24, 2.45) is 0 Å². The van der Waals surface area contributed by atoms with E-state index in [0.717, 1.165) is 30.2 Å². The molecule has 40 heavy (non-hydrogen) atoms. The van der Waals surface area contributed by atoms with E-state index >= 15 is 0 Å². The van der Waals surface area contributed by atoms with Gasteiger partial charge in [-0.1, -0.05) is 29.4 Å². The van der Waals surface area contributed by atoms with Gasteiger partial charge < -0.3 is 25.0 Å². The van der Waals surface area contributed by atoms with E-state index in [2.05, 4.69) is 36.2 Å². The number of aromatic nitrogens is 6. The third-order valence-corrected chi connectivity index (χ3v) is 6.47. The van der Waals surface area contributed by atoms with Crippen LogP contribution >= 0.6 is 0 Å². The molecule has 2 aromatic heterocycles. The fraction of sp³-hybridized carbons (Fsp3) is 0.179. The smallest absolute Gasteiger partial charge is 0.255 e. The van der Waals surface area contributed by atoms with Gasteiger partial charge in [0.05, 0.1) is 55.5 Å². The molecular weight excluding hydrogens is 510 g/mol. The second-order valence-corrected chi connectivity index (χ2v) is 9.04. The van der Waals surface area contributed by atoms with Crippen LogP contribution in [0.4, 0.5) is 23.0 Å². The van der Waals surface area contributed by atoms with Gasteiger partial charge in [-0.15, -0.1) is 0 Å². The van der Waals surface area contributed by atoms with Gasteiger partial charge in [0.25, 0.3) is 11.9 Å². The molecule has 1 aliphatic heterocycles. The standard InChI is InChI=1S/C28H27N9O3/c1-39-26-17-21(10-11-25(26)35-12-14-40-15-13-35)30-27(38)20-6-5-9-24(16-20)36-19-22(18-29-36)31-28-32-33-34-37(28)23-7-3-2-4-8-23/h2-11,16-19H,12-15H2,1H3,(H,30,38)(H,31,32,34). The van der Waals surface area contributed by atoms with Crippen molar-refractivity contribution in [3.63, 3.8) is 0 Å². The predicted octanol–water partition coefficient (Wildman–Crippen LogP) is 3.69. The first kappa shape index (κ1) is 25.1. The number of methoxy groups -OCH3 is 1. The average molecular weight is 538 g/mol. The van der Waals surface area contributed by atoms with Gasteiger partial charge in [0.1, 0.15) is 5.75 Å². The molecule has 0 radical (unpaired) electrons. The largest absolute Gasteiger partial charge is 0.495 e. The van der Waals surface area contributed by atoms with E-state index in [0.29, 0.717) is 41.8 Å². The van der Waals surface area contributed by atoms with Gasteiger partial charge in [-0.2, -0.15) is 9.78 Å². The van der Waals surface area contributed by atoms with E-state index in [4.69, 9.17) is 9.47 Å². The molecule has 0 spiro atoms. The van der Waals surface area contributed by atoms with Crippen molar-refractivity contribution >= 4 is 28.9 Å². The van der Waals surface area contributed by atoms with Crippen molar-refractivity contribution in [1.29, 1.82) is 0 Å². The van der Waals surface area contributed by atoms with Crippen LogP contribution in [0.25, 0.3) is 11.4 Å². The van der Waals surface area contributed by atoms with Crippen molar-refractivity contribution in [3.05, 3.63) is 90.8 Å². The van der Waals surface area contributed by atoms with Crippen molar-refractivity contribution in [2.75, 3.05) is 48.9 Å². The number of tetrazole rings is 1. The molecule has 6 rings (SSSR count). The third-order valence-electron chi connectivity index (χ3n) is 6.47. The molecule has 3 heterocycles. The fourth-order valence-electron chi connectivity index (χ4n) is 4.48. The minimum absolute atomic E-state index is 0.240. The van der Waals surface area contributed by atoms with Crippen molar-refractivity contribution in [2.45, 2.75) is 0 Å². The van der Waals surface area contributed by atoms with E-state index in [1.54, 1.807) is 41.0 Å². The maximum absolute atomic E-state index is 13.1. The molecule has 5 aromatic rings. The summed E-state index contributed by atoms with van der Waals surface area (Å²) < 4.78 is 14.3. The Kier molecular flexibility index (Phi) is 7.05. The highest BCUT2D eigenvalue weighted by molar-refractivity contribution is 6.04. The average Bonchev–Trinajstić information content (AvgIpc) is 3.68. The second-order valence-electron chi connectivity index (χ2n) is 9.04. The Morgan fingerprint density at radius 1 is 0.950 bits per heavy atom. The van der Waals surface area contributed by atoms with E-state index in [-0.39, 0.29) is 5.91 Å². The molecular formula is C28H27N9O3. The first-order valence-corrected chi connectivity index (χ1v) is 12.8. The summed E-state index contributed by atoms with van der Waals surface area (Å²) in [5, 5.41) is 22.5. The van der Waals surface area contributed by atoms with E-state index in [1.165, 1.54) is 0 Å². The number of rotatable bonds is 8. The summed E-state index contributed by atoms with van der Waals surface area (Å²) in [6, 6.07) is 22.5. The lowest BCUT2D eigenvalue weighted by Gasteiger charge is -2.30. The molecule has 12 nitrogen and oxygen atoms in total. The van der Waals surface area contributed by atoms with Gasteiger partial charge in [0, 0.05) is 30.4 Å². The fourth-order valence-corrected chi connectivity index (χ4v) is 4.48. The van der Waals surface area contributed by atoms with Crippen molar-refractivity contribution in [1.82, 2.24) is 30.0 Å². The van der Waals surface area contributed by atoms with Gasteiger partial charge in [0.2, 0.25) is 0 Å². The van der Waals surface area contributed by atoms with Crippen LogP contribution in [0.3, 0.4) is 0 Å². The molecule has 1 fully saturated rings. The van der Waals surface area contributed by atoms with E-state index in [1.807, 2.05) is 60.7 Å². The van der Waals surface area contributed by atoms with Crippen LogP contribution in [-0.2, 0) is 4.74 Å². The number of hydrogen-bond acceptors (Lipinski definition) is 9. The van der Waals surface area contributed by atoms with Gasteiger partial charge in [-0.25, -0.2) is 4.68 Å². The number of anilines is 4. The first-order valence-electron chi connectivity index (χ1n) is 12.8. The van der Waals surface area contributed by atoms with Gasteiger partial charge >= 0.3 is 0 Å². The summed E-state index contributed by atoms with van der Waals surface area (Å²) in [4.78, 5) is 15.3. The summed E-state index contributed by atoms with van der Waals surface area (Å²) in [7, 11) is 1.63. The van der Waals surface area contributed by atoms with Crippen LogP contribution in [0.15, 0.2) is 85.2 Å². The zero-order chi connectivity index (χ0) is 27.3. The monoisotopic (exact) mass is 537 g/mol. The summed E-state index contributed by atoms with van der Waals surface area (Å²) in [6.45, 7) is 2.95. The molecule has 1 aliphatic rings. The van der Waals surface area contributed by atoms with Gasteiger partial charge in [-0.05, 0) is 52.9 Å². The molecule has 0 atom stereocenters. The third kappa shape index (κ3) is 5.33. The predicted molar refractivity (Wildman–Crippen MR) is 150 cm³/mol. The molecule has 2 N–H and O–H groups in total. The molecule has 0 bridgehead atoms. The number of para-hydroxylation sites is 1. The van der Waals surface area contributed by atoms with E-state index in [9.17, 15) is 4.79 Å². The summed E-state index contributed by atoms with van der Waals surface area (Å²) in [5.41, 5.74) is 4.36. The second kappa shape index (κ2) is 11.3. The number of nitrogens with one attached hydrogen (secondary N) is 2. The number of morpholine rings is 1. The molecule has 0 aliphatic carbocycles. The number of carbonyl (C=O) groups is 1. The van der Waals surface area contributed by atoms with Crippen LogP contribution in [0.2, 0.25) is 0 Å². The number of hydrogen-bond donors (Lipinski definition) is 2. The van der Waals surface area contributed by atoms with Crippen LogP contribution < -0.4 is 20.3 Å². The number of nitrogens with zero attached hydrogens (tertiary/aromatic N) is 7. The Hall–Kier alpha value is -5.23. The van der Waals surface area contributed by atoms with Gasteiger partial charge in [0.15, 0.2) is 0 Å². The zero-order valence-electron chi connectivity index (χ0n) is 21.8. The minimum Gasteiger partial charge on any atom is -0.495 e. The summed E-state index contributed by atoms with van der Waals surface area (Å²) in [6.07, 6.45) is 3.47. The van der Waals surface area contributed by atoms with Crippen molar-refractivity contribution < 1.29 is 14.3 Å². The van der Waals surface area contributed by atoms with Gasteiger partial charge in [-0.3, -0.25) is 4.79 Å². The number of amides is 1. The normalized spacial score (nSPS) is 13.2. The Morgan fingerprint density at radius 2 is 1.77 bits per heavy atom. The van der Waals surface area contributed by atoms with Crippen LogP contribution in [-0.4, -0.2) is 69.3 Å². The quantitative estimate of drug-likeness (QED) is 0.305. The molecule has 0 unspecified atom stereocenters. The molecule has 1 saturated heterocycles. The Morgan fingerprint density at radius 3 is 2.60 bits per heavy atom. The Bertz CT molecular complexity index is 1610. The zero-order valence-corrected chi connectivity index (χ0v) is 21.8. The lowest BCUT2D eigenvalue weighted by molar-refractivity contribution is 0.102. The van der Waals surface area contributed by atoms with Crippen LogP contribution in [0.1, 0.15) is 10.4 Å². The SMILES string of the molecule is COc1cc(NC(=O)c2cccc(-n3cc(Nc4nnnn4-c4ccccc4)cn3)c2)ccc1N1CCOCC1. The van der Waals surface area contributed by atoms with E-state index < -0.39 is 0 Å². The molecule has 0 saturated carbocycles. The Labute approximate surface area is 230 Å². The highest BCUT2D eigenvalue weighted by Crippen LogP contribution is 2.32. The van der Waals surface area contributed by atoms with Crippen LogP contribution in [0.5, 0.6) is 5.75 Å². The molecule has 1 amide bonds. The number of benzene rings is 3. The first-order chi connectivity index (χ1) is 19.7. The summed E-state index contributed by atoms with van der Waals surface area (Å²) in [5.74, 6) is 0.910. The molecule has 3 aromatic carbocycles. The topological polar surface area (TPSA) is 124 Å². The maximum Gasteiger partial charge on any atom is 0.255 e. The molecule has 202 valence electrons. The molecule has 12 heteroatoms. The number of ether oxygens (including phenoxy) is 2. The summed E-state index contributed by atoms with van der Waals surface area (Å²) >= 11 is 0. The van der Waals surface area contributed by atoms with Crippen molar-refractivity contribution in [3.8, 4) is 17.1 Å². The lowest BCUT2D eigenvalue weighted by atomic mass is 10.1. The van der Waals surface area contributed by atoms with Crippen LogP contribution in [0, 0.1) is 0 Å². The lowest BCUT2D eigenvalue weighted by Crippen LogP contribution is -2.36. The highest BCUT2D eigenvalue weighted by atomic mass is 16.5. The minimum atomic E-state index is -0.240. The number of carbonyl (C=O) groups excluding carboxylic acids is 1. The highest BCUT2D eigenvalue weighted by Gasteiger charge is 2.17. The Balaban J connectivity index is 1.16. The maximum atomic E-state index is 13.1.